The maximum Gasteiger partial charge on any atom is 0.328 e. The largest absolute Gasteiger partial charge is 0.481 e. The molecule has 0 saturated heterocycles. The van der Waals surface area contributed by atoms with Gasteiger partial charge in [-0.05, 0) is 43.2 Å². The zero-order chi connectivity index (χ0) is 66.7. The van der Waals surface area contributed by atoms with E-state index in [1.165, 1.54) is 26.4 Å². The van der Waals surface area contributed by atoms with Crippen LogP contribution >= 0.6 is 0 Å². The maximum absolute atomic E-state index is 14.7. The molecule has 0 fully saturated rings. The average Bonchev–Trinajstić information content (AvgIpc) is 2.17. The Labute approximate surface area is 506 Å². The van der Waals surface area contributed by atoms with Crippen LogP contribution in [0.4, 0.5) is 0 Å². The number of fused-ring (bicyclic) bond motifs is 1. The van der Waals surface area contributed by atoms with Gasteiger partial charge in [0.05, 0.1) is 44.1 Å². The number of aromatic nitrogens is 3. The molecule has 1 aromatic carbocycles. The molecule has 11 amide bonds. The van der Waals surface area contributed by atoms with Crippen LogP contribution in [0.2, 0.25) is 0 Å². The van der Waals surface area contributed by atoms with E-state index in [0.29, 0.717) is 16.5 Å². The number of nitrogens with one attached hydrogen (secondary N) is 13. The maximum atomic E-state index is 14.7. The number of guanidine groups is 1. The molecule has 37 nitrogen and oxygen atoms in total. The fraction of sp³-hybridized carbons (Fsp3) is 0.500. The molecule has 0 bridgehead atoms. The van der Waals surface area contributed by atoms with E-state index < -0.39 is 207 Å². The average molecular weight is 1260 g/mol. The van der Waals surface area contributed by atoms with E-state index in [-0.39, 0.29) is 37.9 Å². The number of primary amides is 2. The van der Waals surface area contributed by atoms with Gasteiger partial charge < -0.3 is 112 Å². The first kappa shape index (κ1) is 73.0. The standard InChI is InChI=1S/C52H76N18O19/c1-23(2)41(70-49(86)35(20-71)68-45(82)30(9-11-37(54)73)63-44(81)31(10-12-39(75)76)64-48(85)34(17-38(55)74)65-42(79)27(53)16-40(77)78)50(87)67-32(14-24-18-60-28-7-4-3-6-26(24)28)46(83)62-29(8-5-13-59-52(56)57)43(80)66-33(15-25-19-58-22-61-25)47(84)69-36(21-72)51(88)89/h3-4,6-7,18-19,22-23,27,29-36,41,60,71-72H,5,8-17,20-21,53H2,1-2H3,(H2,54,73)(H2,55,74)(H,58,61)(H,62,83)(H,63,81)(H,64,85)(H,65,79)(H,66,80)(H,67,87)(H,68,82)(H,69,84)(H,70,86)(H,75,76)(H,77,78)(H,88,89)(H4,56,57,59)/t27-,29-,30-,31-,32-,33-,34-,35-,36-,41-/m0/s1. The van der Waals surface area contributed by atoms with E-state index in [1.54, 1.807) is 30.5 Å². The third-order valence-corrected chi connectivity index (χ3v) is 13.2. The van der Waals surface area contributed by atoms with Crippen molar-refractivity contribution in [1.29, 1.82) is 5.41 Å². The van der Waals surface area contributed by atoms with Gasteiger partial charge >= 0.3 is 17.9 Å². The van der Waals surface area contributed by atoms with Gasteiger partial charge in [-0.25, -0.2) is 9.78 Å². The normalized spacial score (nSPS) is 14.4. The Bertz CT molecular complexity index is 3030. The number of aliphatic carboxylic acids is 3. The van der Waals surface area contributed by atoms with Crippen molar-refractivity contribution in [3.63, 3.8) is 0 Å². The van der Waals surface area contributed by atoms with Crippen molar-refractivity contribution in [2.45, 2.75) is 138 Å². The summed E-state index contributed by atoms with van der Waals surface area (Å²) in [4.78, 5) is 193. The number of carboxylic acids is 3. The van der Waals surface area contributed by atoms with Crippen LogP contribution in [0.3, 0.4) is 0 Å². The smallest absolute Gasteiger partial charge is 0.328 e. The van der Waals surface area contributed by atoms with Crippen LogP contribution in [-0.2, 0) is 80.0 Å². The Morgan fingerprint density at radius 2 is 1.04 bits per heavy atom. The van der Waals surface area contributed by atoms with Crippen molar-refractivity contribution < 1.29 is 92.7 Å². The van der Waals surface area contributed by atoms with Crippen LogP contribution in [-0.4, -0.2) is 210 Å². The highest BCUT2D eigenvalue weighted by atomic mass is 16.4. The van der Waals surface area contributed by atoms with Gasteiger partial charge in [0.1, 0.15) is 54.4 Å². The quantitative estimate of drug-likeness (QED) is 0.0143. The summed E-state index contributed by atoms with van der Waals surface area (Å²) >= 11 is 0. The molecule has 0 saturated carbocycles. The number of carbonyl (C=O) groups is 14. The number of amides is 11. The minimum Gasteiger partial charge on any atom is -0.481 e. The van der Waals surface area contributed by atoms with Crippen molar-refractivity contribution >= 4 is 99.7 Å². The first-order valence-corrected chi connectivity index (χ1v) is 27.5. The highest BCUT2D eigenvalue weighted by Crippen LogP contribution is 2.20. The Morgan fingerprint density at radius 1 is 0.551 bits per heavy atom. The number of hydrogen-bond acceptors (Lipinski definition) is 19. The SMILES string of the molecule is CC(C)[C@H](NC(=O)[C@H](CO)NC(=O)[C@H](CCC(N)=O)NC(=O)[C@H](CCC(=O)O)NC(=O)[C@H](CC(N)=O)NC(=O)[C@@H](N)CC(=O)O)C(=O)N[C@@H](Cc1c[nH]c2ccccc12)C(=O)N[C@@H](CCCNC(=N)N)C(=O)N[C@@H](Cc1c[nH]cn1)C(=O)N[C@@H](CO)C(=O)O. The number of para-hydroxylation sites is 1. The molecule has 26 N–H and O–H groups in total. The fourth-order valence-electron chi connectivity index (χ4n) is 8.47. The highest BCUT2D eigenvalue weighted by molar-refractivity contribution is 6.00. The highest BCUT2D eigenvalue weighted by Gasteiger charge is 2.37. The molecular weight excluding hydrogens is 1180 g/mol. The number of rotatable bonds is 40. The summed E-state index contributed by atoms with van der Waals surface area (Å²) in [7, 11) is 0. The lowest BCUT2D eigenvalue weighted by molar-refractivity contribution is -0.143. The third kappa shape index (κ3) is 24.9. The van der Waals surface area contributed by atoms with Crippen LogP contribution in [0.15, 0.2) is 43.0 Å². The molecule has 2 heterocycles. The summed E-state index contributed by atoms with van der Waals surface area (Å²) in [5, 5.41) is 79.6. The van der Waals surface area contributed by atoms with E-state index >= 15 is 0 Å². The van der Waals surface area contributed by atoms with Crippen molar-refractivity contribution in [3.8, 4) is 0 Å². The second-order valence-electron chi connectivity index (χ2n) is 20.5. The number of aliphatic hydroxyl groups is 2. The van der Waals surface area contributed by atoms with Gasteiger partial charge in [0, 0.05) is 55.5 Å². The molecule has 0 aliphatic rings. The van der Waals surface area contributed by atoms with Crippen LogP contribution in [0.5, 0.6) is 0 Å². The van der Waals surface area contributed by atoms with Gasteiger partial charge in [-0.3, -0.25) is 67.7 Å². The van der Waals surface area contributed by atoms with Crippen LogP contribution < -0.4 is 76.1 Å². The molecule has 10 atom stereocenters. The van der Waals surface area contributed by atoms with E-state index in [1.807, 2.05) is 5.32 Å². The molecule has 0 spiro atoms. The van der Waals surface area contributed by atoms with Gasteiger partial charge in [0.15, 0.2) is 5.96 Å². The van der Waals surface area contributed by atoms with Crippen LogP contribution in [0.25, 0.3) is 10.9 Å². The predicted molar refractivity (Wildman–Crippen MR) is 307 cm³/mol. The number of hydrogen-bond donors (Lipinski definition) is 22. The lowest BCUT2D eigenvalue weighted by atomic mass is 9.99. The topological polar surface area (TPSA) is 633 Å². The molecule has 0 unspecified atom stereocenters. The Balaban J connectivity index is 1.96. The second kappa shape index (κ2) is 36.0. The van der Waals surface area contributed by atoms with Crippen molar-refractivity contribution in [2.75, 3.05) is 19.8 Å². The van der Waals surface area contributed by atoms with Crippen LogP contribution in [0, 0.1) is 11.3 Å². The molecule has 488 valence electrons. The summed E-state index contributed by atoms with van der Waals surface area (Å²) in [6, 6.07) is -10.6. The number of aromatic amines is 2. The number of imidazole rings is 1. The number of carbonyl (C=O) groups excluding carboxylic acids is 11. The monoisotopic (exact) mass is 1260 g/mol. The molecule has 0 radical (unpaired) electrons. The Hall–Kier alpha value is -10.3. The number of nitrogens with zero attached hydrogens (tertiary/aromatic N) is 1. The lowest BCUT2D eigenvalue weighted by Crippen LogP contribution is -2.62. The van der Waals surface area contributed by atoms with Gasteiger partial charge in [-0.2, -0.15) is 0 Å². The number of nitrogens with two attached hydrogens (primary N) is 4. The molecule has 89 heavy (non-hydrogen) atoms. The summed E-state index contributed by atoms with van der Waals surface area (Å²) in [6.45, 7) is 0.747. The van der Waals surface area contributed by atoms with Crippen LogP contribution in [0.1, 0.15) is 76.5 Å². The van der Waals surface area contributed by atoms with Crippen molar-refractivity contribution in [3.05, 3.63) is 54.2 Å². The summed E-state index contributed by atoms with van der Waals surface area (Å²) in [5.41, 5.74) is 22.9. The number of H-pyrrole nitrogens is 2. The van der Waals surface area contributed by atoms with Crippen molar-refractivity contribution in [2.24, 2.45) is 28.9 Å². The number of carboxylic acid groups (broad SMARTS) is 3. The van der Waals surface area contributed by atoms with E-state index in [4.69, 9.17) is 33.5 Å². The van der Waals surface area contributed by atoms with E-state index in [0.717, 1.165) is 0 Å². The lowest BCUT2D eigenvalue weighted by Gasteiger charge is -2.29. The predicted octanol–water partition coefficient (Wildman–Crippen LogP) is -8.16. The molecule has 0 aliphatic heterocycles. The molecule has 3 rings (SSSR count). The van der Waals surface area contributed by atoms with E-state index in [2.05, 4.69) is 62.8 Å². The minimum atomic E-state index is -1.96. The molecule has 0 aliphatic carbocycles. The summed E-state index contributed by atoms with van der Waals surface area (Å²) in [5.74, 6) is -18.5. The fourth-order valence-corrected chi connectivity index (χ4v) is 8.47. The molecular formula is C52H76N18O19. The first-order valence-electron chi connectivity index (χ1n) is 27.5. The first-order chi connectivity index (χ1) is 41.9. The van der Waals surface area contributed by atoms with Gasteiger partial charge in [0.2, 0.25) is 65.0 Å². The summed E-state index contributed by atoms with van der Waals surface area (Å²) in [6.07, 6.45) is -1.18. The zero-order valence-electron chi connectivity index (χ0n) is 48.3. The van der Waals surface area contributed by atoms with Crippen molar-refractivity contribution in [1.82, 2.24) is 68.1 Å². The Kier molecular flexibility index (Phi) is 29.5. The van der Waals surface area contributed by atoms with Gasteiger partial charge in [0.25, 0.3) is 0 Å². The molecule has 37 heteroatoms. The number of benzene rings is 1. The number of aliphatic hydroxyl groups excluding tert-OH is 2. The Morgan fingerprint density at radius 3 is 1.56 bits per heavy atom. The third-order valence-electron chi connectivity index (χ3n) is 13.2. The molecule has 2 aromatic heterocycles. The second-order valence-corrected chi connectivity index (χ2v) is 20.5. The zero-order valence-corrected chi connectivity index (χ0v) is 48.3. The van der Waals surface area contributed by atoms with E-state index in [9.17, 15) is 87.5 Å². The minimum absolute atomic E-state index is 0.00241. The van der Waals surface area contributed by atoms with Gasteiger partial charge in [-0.15, -0.1) is 0 Å². The summed E-state index contributed by atoms with van der Waals surface area (Å²) < 4.78 is 0. The molecule has 3 aromatic rings. The van der Waals surface area contributed by atoms with Gasteiger partial charge in [-0.1, -0.05) is 32.0 Å².